The van der Waals surface area contributed by atoms with Gasteiger partial charge in [0.1, 0.15) is 5.75 Å². The number of carbonyl (C=O) groups excluding carboxylic acids is 1. The van der Waals surface area contributed by atoms with Crippen molar-refractivity contribution < 1.29 is 9.90 Å². The smallest absolute Gasteiger partial charge is 0.253 e. The minimum atomic E-state index is 0.0544. The van der Waals surface area contributed by atoms with Crippen molar-refractivity contribution in [3.05, 3.63) is 54.1 Å². The summed E-state index contributed by atoms with van der Waals surface area (Å²) in [6.45, 7) is 7.03. The van der Waals surface area contributed by atoms with Crippen LogP contribution in [0.5, 0.6) is 5.75 Å². The second-order valence-electron chi connectivity index (χ2n) is 6.50. The number of aromatic hydroxyl groups is 1. The number of amides is 1. The topological polar surface area (TPSA) is 47.0 Å². The normalized spacial score (nSPS) is 10.8. The lowest BCUT2D eigenvalue weighted by molar-refractivity contribution is 0.0773. The maximum Gasteiger partial charge on any atom is 0.253 e. The van der Waals surface area contributed by atoms with Crippen molar-refractivity contribution in [2.45, 2.75) is 13.8 Å². The summed E-state index contributed by atoms with van der Waals surface area (Å²) in [6, 6.07) is 14.9. The highest BCUT2D eigenvalue weighted by atomic mass is 16.3. The molecule has 2 rings (SSSR count). The van der Waals surface area contributed by atoms with Gasteiger partial charge >= 0.3 is 0 Å². The highest BCUT2D eigenvalue weighted by molar-refractivity contribution is 5.94. The molecule has 0 aliphatic carbocycles. The van der Waals surface area contributed by atoms with Gasteiger partial charge in [-0.2, -0.15) is 0 Å². The minimum Gasteiger partial charge on any atom is -0.508 e. The van der Waals surface area contributed by atoms with Gasteiger partial charge in [-0.25, -0.2) is 0 Å². The lowest BCUT2D eigenvalue weighted by atomic mass is 10.1. The standard InChI is InChI=1S/C21H29N3O2/c1-5-23(6-2)21(26)17-10-12-18(13-11-17)24(15-14-22(3)4)19-8-7-9-20(25)16-19/h7-13,16,25H,5-6,14-15H2,1-4H3. The number of rotatable bonds is 8. The van der Waals surface area contributed by atoms with Gasteiger partial charge in [-0.1, -0.05) is 6.07 Å². The fraction of sp³-hybridized carbons (Fsp3) is 0.381. The van der Waals surface area contributed by atoms with E-state index < -0.39 is 0 Å². The molecule has 2 aromatic rings. The Morgan fingerprint density at radius 1 is 0.923 bits per heavy atom. The number of likely N-dealkylation sites (N-methyl/N-ethyl adjacent to an activating group) is 1. The molecule has 2 aromatic carbocycles. The second kappa shape index (κ2) is 9.25. The van der Waals surface area contributed by atoms with E-state index in [2.05, 4.69) is 9.80 Å². The third-order valence-electron chi connectivity index (χ3n) is 4.39. The molecule has 140 valence electrons. The zero-order valence-electron chi connectivity index (χ0n) is 16.1. The van der Waals surface area contributed by atoms with Crippen LogP contribution in [-0.4, -0.2) is 61.1 Å². The van der Waals surface area contributed by atoms with Gasteiger partial charge in [0.25, 0.3) is 5.91 Å². The molecule has 5 nitrogen and oxygen atoms in total. The molecule has 1 amide bonds. The van der Waals surface area contributed by atoms with Gasteiger partial charge in [0.05, 0.1) is 0 Å². The maximum absolute atomic E-state index is 12.5. The number of anilines is 2. The molecule has 0 spiro atoms. The number of hydrogen-bond acceptors (Lipinski definition) is 4. The van der Waals surface area contributed by atoms with E-state index in [9.17, 15) is 9.90 Å². The second-order valence-corrected chi connectivity index (χ2v) is 6.50. The third-order valence-corrected chi connectivity index (χ3v) is 4.39. The number of phenolic OH excluding ortho intramolecular Hbond substituents is 1. The van der Waals surface area contributed by atoms with Crippen LogP contribution in [0, 0.1) is 0 Å². The van der Waals surface area contributed by atoms with Crippen molar-refractivity contribution in [1.29, 1.82) is 0 Å². The molecule has 0 heterocycles. The Morgan fingerprint density at radius 2 is 1.58 bits per heavy atom. The van der Waals surface area contributed by atoms with Crippen LogP contribution in [0.1, 0.15) is 24.2 Å². The molecule has 0 fully saturated rings. The van der Waals surface area contributed by atoms with Crippen LogP contribution in [0.2, 0.25) is 0 Å². The summed E-state index contributed by atoms with van der Waals surface area (Å²) in [5.41, 5.74) is 2.61. The van der Waals surface area contributed by atoms with Crippen molar-refractivity contribution in [3.8, 4) is 5.75 Å². The zero-order valence-corrected chi connectivity index (χ0v) is 16.1. The maximum atomic E-state index is 12.5. The van der Waals surface area contributed by atoms with Crippen LogP contribution in [0.25, 0.3) is 0 Å². The molecule has 0 radical (unpaired) electrons. The van der Waals surface area contributed by atoms with Crippen LogP contribution in [0.15, 0.2) is 48.5 Å². The van der Waals surface area contributed by atoms with Crippen molar-refractivity contribution in [2.75, 3.05) is 45.2 Å². The molecular formula is C21H29N3O2. The van der Waals surface area contributed by atoms with Crippen LogP contribution >= 0.6 is 0 Å². The molecule has 0 aliphatic rings. The van der Waals surface area contributed by atoms with Crippen molar-refractivity contribution >= 4 is 17.3 Å². The summed E-state index contributed by atoms with van der Waals surface area (Å²) in [6.07, 6.45) is 0. The average molecular weight is 355 g/mol. The van der Waals surface area contributed by atoms with E-state index in [4.69, 9.17) is 0 Å². The summed E-state index contributed by atoms with van der Waals surface area (Å²) >= 11 is 0. The average Bonchev–Trinajstić information content (AvgIpc) is 2.63. The predicted octanol–water partition coefficient (Wildman–Crippen LogP) is 3.57. The van der Waals surface area contributed by atoms with Crippen molar-refractivity contribution in [1.82, 2.24) is 9.80 Å². The predicted molar refractivity (Wildman–Crippen MR) is 107 cm³/mol. The minimum absolute atomic E-state index is 0.0544. The summed E-state index contributed by atoms with van der Waals surface area (Å²) in [4.78, 5) is 18.6. The Balaban J connectivity index is 2.29. The third kappa shape index (κ3) is 4.99. The number of hydrogen-bond donors (Lipinski definition) is 1. The number of nitrogens with zero attached hydrogens (tertiary/aromatic N) is 3. The van der Waals surface area contributed by atoms with E-state index in [1.54, 1.807) is 12.1 Å². The van der Waals surface area contributed by atoms with Crippen LogP contribution in [0.3, 0.4) is 0 Å². The molecule has 0 aliphatic heterocycles. The first-order chi connectivity index (χ1) is 12.5. The Morgan fingerprint density at radius 3 is 2.12 bits per heavy atom. The van der Waals surface area contributed by atoms with Crippen LogP contribution < -0.4 is 4.90 Å². The van der Waals surface area contributed by atoms with Crippen LogP contribution in [0.4, 0.5) is 11.4 Å². The highest BCUT2D eigenvalue weighted by Gasteiger charge is 2.14. The van der Waals surface area contributed by atoms with Crippen molar-refractivity contribution in [3.63, 3.8) is 0 Å². The molecule has 0 atom stereocenters. The molecule has 0 bridgehead atoms. The first-order valence-corrected chi connectivity index (χ1v) is 9.06. The van der Waals surface area contributed by atoms with Gasteiger partial charge in [-0.15, -0.1) is 0 Å². The van der Waals surface area contributed by atoms with Gasteiger partial charge < -0.3 is 19.8 Å². The van der Waals surface area contributed by atoms with E-state index in [0.717, 1.165) is 24.5 Å². The van der Waals surface area contributed by atoms with Gasteiger partial charge in [-0.05, 0) is 64.3 Å². The molecule has 0 unspecified atom stereocenters. The highest BCUT2D eigenvalue weighted by Crippen LogP contribution is 2.28. The van der Waals surface area contributed by atoms with Gasteiger partial charge in [-0.3, -0.25) is 4.79 Å². The fourth-order valence-corrected chi connectivity index (χ4v) is 2.85. The molecule has 0 aromatic heterocycles. The SMILES string of the molecule is CCN(CC)C(=O)c1ccc(N(CCN(C)C)c2cccc(O)c2)cc1. The first kappa shape index (κ1) is 19.8. The molecule has 0 saturated carbocycles. The number of phenols is 1. The summed E-state index contributed by atoms with van der Waals surface area (Å²) in [5.74, 6) is 0.296. The zero-order chi connectivity index (χ0) is 19.1. The van der Waals surface area contributed by atoms with Gasteiger partial charge in [0, 0.05) is 49.2 Å². The molecule has 5 heteroatoms. The molecular weight excluding hydrogens is 326 g/mol. The van der Waals surface area contributed by atoms with Gasteiger partial charge in [0.2, 0.25) is 0 Å². The number of carbonyl (C=O) groups is 1. The molecule has 1 N–H and O–H groups in total. The Bertz CT molecular complexity index is 709. The summed E-state index contributed by atoms with van der Waals surface area (Å²) < 4.78 is 0. The van der Waals surface area contributed by atoms with Crippen LogP contribution in [-0.2, 0) is 0 Å². The lowest BCUT2D eigenvalue weighted by Crippen LogP contribution is -2.30. The lowest BCUT2D eigenvalue weighted by Gasteiger charge is -2.27. The molecule has 0 saturated heterocycles. The fourth-order valence-electron chi connectivity index (χ4n) is 2.85. The Hall–Kier alpha value is -2.53. The van der Waals surface area contributed by atoms with E-state index in [0.29, 0.717) is 18.7 Å². The van der Waals surface area contributed by atoms with E-state index in [1.165, 1.54) is 0 Å². The van der Waals surface area contributed by atoms with Gasteiger partial charge in [0.15, 0.2) is 0 Å². The van der Waals surface area contributed by atoms with E-state index in [-0.39, 0.29) is 11.7 Å². The van der Waals surface area contributed by atoms with E-state index in [1.807, 2.05) is 69.2 Å². The Labute approximate surface area is 156 Å². The summed E-state index contributed by atoms with van der Waals surface area (Å²) in [5, 5.41) is 9.83. The molecule has 26 heavy (non-hydrogen) atoms. The quantitative estimate of drug-likeness (QED) is 0.786. The Kier molecular flexibility index (Phi) is 7.04. The summed E-state index contributed by atoms with van der Waals surface area (Å²) in [7, 11) is 4.07. The van der Waals surface area contributed by atoms with E-state index >= 15 is 0 Å². The van der Waals surface area contributed by atoms with Crippen molar-refractivity contribution in [2.24, 2.45) is 0 Å². The largest absolute Gasteiger partial charge is 0.508 e. The number of benzene rings is 2. The first-order valence-electron chi connectivity index (χ1n) is 9.06. The monoisotopic (exact) mass is 355 g/mol.